The van der Waals surface area contributed by atoms with Crippen LogP contribution in [0.25, 0.3) is 11.4 Å². The van der Waals surface area contributed by atoms with Gasteiger partial charge in [0.1, 0.15) is 12.3 Å². The van der Waals surface area contributed by atoms with Gasteiger partial charge in [-0.05, 0) is 48.2 Å². The highest BCUT2D eigenvalue weighted by molar-refractivity contribution is 6.30. The second-order valence-corrected chi connectivity index (χ2v) is 8.57. The number of para-hydroxylation sites is 1. The van der Waals surface area contributed by atoms with Gasteiger partial charge in [-0.2, -0.15) is 13.2 Å². The van der Waals surface area contributed by atoms with Crippen LogP contribution < -0.4 is 10.4 Å². The van der Waals surface area contributed by atoms with E-state index >= 15 is 0 Å². The van der Waals surface area contributed by atoms with Crippen LogP contribution in [0.1, 0.15) is 24.3 Å². The lowest BCUT2D eigenvalue weighted by atomic mass is 9.90. The second-order valence-electron chi connectivity index (χ2n) is 8.13. The lowest BCUT2D eigenvalue weighted by Crippen LogP contribution is -2.37. The molecule has 0 amide bonds. The van der Waals surface area contributed by atoms with E-state index < -0.39 is 42.8 Å². The van der Waals surface area contributed by atoms with Gasteiger partial charge in [-0.25, -0.2) is 9.48 Å². The Morgan fingerprint density at radius 1 is 1.17 bits per heavy atom. The molecule has 0 saturated carbocycles. The third-order valence-electron chi connectivity index (χ3n) is 5.62. The normalized spacial score (nSPS) is 13.4. The summed E-state index contributed by atoms with van der Waals surface area (Å²) in [6, 6.07) is 12.9. The predicted octanol–water partition coefficient (Wildman–Crippen LogP) is 3.42. The van der Waals surface area contributed by atoms with E-state index in [4.69, 9.17) is 16.3 Å². The zero-order valence-corrected chi connectivity index (χ0v) is 20.0. The molecule has 0 aliphatic heterocycles. The van der Waals surface area contributed by atoms with Crippen molar-refractivity contribution < 1.29 is 32.9 Å². The van der Waals surface area contributed by atoms with Crippen LogP contribution in [0, 0.1) is 0 Å². The Labute approximate surface area is 209 Å². The van der Waals surface area contributed by atoms with Gasteiger partial charge in [0, 0.05) is 23.6 Å². The van der Waals surface area contributed by atoms with Gasteiger partial charge in [0.15, 0.2) is 17.7 Å². The molecule has 0 saturated heterocycles. The van der Waals surface area contributed by atoms with Crippen LogP contribution >= 0.6 is 11.6 Å². The van der Waals surface area contributed by atoms with E-state index in [1.165, 1.54) is 31.4 Å². The largest absolute Gasteiger partial charge is 0.496 e. The van der Waals surface area contributed by atoms with Gasteiger partial charge in [0.2, 0.25) is 0 Å². The number of hydrogen-bond donors (Lipinski definition) is 2. The highest BCUT2D eigenvalue weighted by Gasteiger charge is 2.39. The van der Waals surface area contributed by atoms with Crippen LogP contribution in [0.2, 0.25) is 5.02 Å². The molecule has 0 radical (unpaired) electrons. The number of aliphatic hydroxyl groups is 2. The molecule has 2 N–H and O–H groups in total. The topological polar surface area (TPSA) is 107 Å². The maximum Gasteiger partial charge on any atom is 0.416 e. The molecule has 12 heteroatoms. The Bertz CT molecular complexity index is 1240. The molecule has 1 heterocycles. The minimum Gasteiger partial charge on any atom is -0.496 e. The van der Waals surface area contributed by atoms with Gasteiger partial charge in [-0.15, -0.1) is 5.10 Å². The lowest BCUT2D eigenvalue weighted by molar-refractivity contribution is -0.207. The fourth-order valence-electron chi connectivity index (χ4n) is 3.83. The molecular formula is C24H25ClF3N3O5. The number of rotatable bonds is 11. The van der Waals surface area contributed by atoms with Crippen LogP contribution in [0.15, 0.2) is 53.3 Å². The fourth-order valence-corrected chi connectivity index (χ4v) is 3.96. The summed E-state index contributed by atoms with van der Waals surface area (Å²) in [5, 5.41) is 23.5. The van der Waals surface area contributed by atoms with Crippen molar-refractivity contribution in [3.63, 3.8) is 0 Å². The van der Waals surface area contributed by atoms with E-state index in [9.17, 15) is 33.0 Å². The highest BCUT2D eigenvalue weighted by Crippen LogP contribution is 2.31. The standard InChI is InChI=1S/C24H25ClF3N3O5/c1-36-20-5-3-2-4-19(20)16(10-11-32)12-18(33)13-31-23(35)30(14-21(34)24(26,27)28)22(29-31)15-6-8-17(25)9-7-15/h2-9,16,21,32,34H,10-14H2,1H3/t16?,21-/m0/s1. The lowest BCUT2D eigenvalue weighted by Gasteiger charge is -2.18. The third-order valence-corrected chi connectivity index (χ3v) is 5.87. The van der Waals surface area contributed by atoms with Crippen molar-refractivity contribution in [1.82, 2.24) is 14.3 Å². The van der Waals surface area contributed by atoms with E-state index in [1.807, 2.05) is 0 Å². The van der Waals surface area contributed by atoms with E-state index in [0.29, 0.717) is 20.9 Å². The summed E-state index contributed by atoms with van der Waals surface area (Å²) in [5.74, 6) is -0.454. The number of hydrogen-bond acceptors (Lipinski definition) is 6. The number of benzene rings is 2. The monoisotopic (exact) mass is 527 g/mol. The number of aliphatic hydroxyl groups excluding tert-OH is 2. The molecule has 2 aromatic carbocycles. The van der Waals surface area contributed by atoms with E-state index in [-0.39, 0.29) is 30.8 Å². The number of alkyl halides is 3. The van der Waals surface area contributed by atoms with Gasteiger partial charge < -0.3 is 14.9 Å². The SMILES string of the molecule is COc1ccccc1C(CCO)CC(=O)Cn1nc(-c2ccc(Cl)cc2)n(C[C@H](O)C(F)(F)F)c1=O. The van der Waals surface area contributed by atoms with Crippen molar-refractivity contribution in [3.8, 4) is 17.1 Å². The summed E-state index contributed by atoms with van der Waals surface area (Å²) in [5.41, 5.74) is 0.00674. The van der Waals surface area contributed by atoms with Gasteiger partial charge in [-0.3, -0.25) is 9.36 Å². The molecule has 1 unspecified atom stereocenters. The molecule has 0 bridgehead atoms. The van der Waals surface area contributed by atoms with Crippen molar-refractivity contribution in [2.24, 2.45) is 0 Å². The number of nitrogens with zero attached hydrogens (tertiary/aromatic N) is 3. The predicted molar refractivity (Wildman–Crippen MR) is 126 cm³/mol. The number of halogens is 4. The van der Waals surface area contributed by atoms with Gasteiger partial charge in [-0.1, -0.05) is 29.8 Å². The number of aromatic nitrogens is 3. The van der Waals surface area contributed by atoms with Crippen molar-refractivity contribution in [2.45, 2.75) is 44.1 Å². The van der Waals surface area contributed by atoms with Crippen molar-refractivity contribution in [1.29, 1.82) is 0 Å². The van der Waals surface area contributed by atoms with Gasteiger partial charge >= 0.3 is 11.9 Å². The number of ketones is 1. The molecule has 2 atom stereocenters. The number of ether oxygens (including phenoxy) is 1. The van der Waals surface area contributed by atoms with E-state index in [0.717, 1.165) is 4.68 Å². The average molecular weight is 528 g/mol. The molecule has 0 spiro atoms. The van der Waals surface area contributed by atoms with Crippen LogP contribution in [0.4, 0.5) is 13.2 Å². The molecular weight excluding hydrogens is 503 g/mol. The maximum absolute atomic E-state index is 13.0. The van der Waals surface area contributed by atoms with E-state index in [2.05, 4.69) is 5.10 Å². The van der Waals surface area contributed by atoms with Crippen LogP contribution in [0.3, 0.4) is 0 Å². The van der Waals surface area contributed by atoms with Crippen molar-refractivity contribution >= 4 is 17.4 Å². The van der Waals surface area contributed by atoms with Gasteiger partial charge in [0.25, 0.3) is 0 Å². The first-order chi connectivity index (χ1) is 17.0. The second kappa shape index (κ2) is 11.7. The molecule has 0 aliphatic rings. The third kappa shape index (κ3) is 6.54. The number of carbonyl (C=O) groups is 1. The molecule has 3 rings (SSSR count). The molecule has 0 fully saturated rings. The number of methoxy groups -OCH3 is 1. The van der Waals surface area contributed by atoms with Crippen molar-refractivity contribution in [3.05, 3.63) is 69.6 Å². The molecule has 36 heavy (non-hydrogen) atoms. The fraction of sp³-hybridized carbons (Fsp3) is 0.375. The minimum atomic E-state index is -4.96. The van der Waals surface area contributed by atoms with E-state index in [1.54, 1.807) is 24.3 Å². The molecule has 194 valence electrons. The van der Waals surface area contributed by atoms with Crippen molar-refractivity contribution in [2.75, 3.05) is 13.7 Å². The minimum absolute atomic E-state index is 0.0678. The summed E-state index contributed by atoms with van der Waals surface area (Å²) in [6.45, 7) is -1.80. The number of Topliss-reactive ketones (excluding diaryl/α,β-unsaturated/α-hetero) is 1. The number of carbonyl (C=O) groups excluding carboxylic acids is 1. The summed E-state index contributed by atoms with van der Waals surface area (Å²) in [6.07, 6.45) is -7.58. The Balaban J connectivity index is 1.92. The Morgan fingerprint density at radius 2 is 1.83 bits per heavy atom. The summed E-state index contributed by atoms with van der Waals surface area (Å²) in [7, 11) is 1.48. The summed E-state index contributed by atoms with van der Waals surface area (Å²) >= 11 is 5.88. The highest BCUT2D eigenvalue weighted by atomic mass is 35.5. The first-order valence-corrected chi connectivity index (χ1v) is 11.4. The summed E-state index contributed by atoms with van der Waals surface area (Å²) in [4.78, 5) is 25.9. The Hall–Kier alpha value is -3.15. The van der Waals surface area contributed by atoms with Crippen LogP contribution in [-0.2, 0) is 17.9 Å². The average Bonchev–Trinajstić information content (AvgIpc) is 3.13. The Morgan fingerprint density at radius 3 is 2.44 bits per heavy atom. The Kier molecular flexibility index (Phi) is 8.93. The smallest absolute Gasteiger partial charge is 0.416 e. The molecule has 0 aliphatic carbocycles. The molecule has 3 aromatic rings. The first kappa shape index (κ1) is 27.4. The quantitative estimate of drug-likeness (QED) is 0.396. The van der Waals surface area contributed by atoms with Crippen LogP contribution in [-0.4, -0.2) is 56.3 Å². The summed E-state index contributed by atoms with van der Waals surface area (Å²) < 4.78 is 45.8. The molecule has 8 nitrogen and oxygen atoms in total. The first-order valence-electron chi connectivity index (χ1n) is 11.0. The zero-order chi connectivity index (χ0) is 26.5. The van der Waals surface area contributed by atoms with Gasteiger partial charge in [0.05, 0.1) is 13.7 Å². The molecule has 1 aromatic heterocycles. The zero-order valence-electron chi connectivity index (χ0n) is 19.3. The van der Waals surface area contributed by atoms with Crippen LogP contribution in [0.5, 0.6) is 5.75 Å². The maximum atomic E-state index is 13.0.